The first kappa shape index (κ1) is 10.00. The molecule has 0 radical (unpaired) electrons. The van der Waals surface area contributed by atoms with Gasteiger partial charge in [0.15, 0.2) is 0 Å². The van der Waals surface area contributed by atoms with Gasteiger partial charge in [0.25, 0.3) is 0 Å². The van der Waals surface area contributed by atoms with Crippen molar-refractivity contribution in [2.24, 2.45) is 0 Å². The second-order valence-electron chi connectivity index (χ2n) is 3.80. The van der Waals surface area contributed by atoms with Crippen molar-refractivity contribution in [3.05, 3.63) is 40.2 Å². The van der Waals surface area contributed by atoms with E-state index < -0.39 is 0 Å². The standard InChI is InChI=1S/C13H11NS2/c1-8-10-5-3-4-6-12(10)16-13(8)11-7-15-9(2)14-11/h3-7H,1-2H3. The number of thiazole rings is 1. The average molecular weight is 245 g/mol. The SMILES string of the molecule is Cc1nc(-c2sc3ccccc3c2C)cs1. The predicted molar refractivity (Wildman–Crippen MR) is 72.4 cm³/mol. The molecule has 2 aromatic heterocycles. The van der Waals surface area contributed by atoms with Gasteiger partial charge < -0.3 is 0 Å². The maximum atomic E-state index is 4.57. The van der Waals surface area contributed by atoms with Gasteiger partial charge in [-0.1, -0.05) is 18.2 Å². The molecule has 0 saturated carbocycles. The Morgan fingerprint density at radius 1 is 1.12 bits per heavy atom. The first-order valence-corrected chi connectivity index (χ1v) is 6.86. The highest BCUT2D eigenvalue weighted by Gasteiger charge is 2.11. The minimum absolute atomic E-state index is 1.13. The zero-order chi connectivity index (χ0) is 11.1. The van der Waals surface area contributed by atoms with Crippen LogP contribution in [-0.4, -0.2) is 4.98 Å². The van der Waals surface area contributed by atoms with Crippen molar-refractivity contribution < 1.29 is 0 Å². The third-order valence-corrected chi connectivity index (χ3v) is 4.76. The highest BCUT2D eigenvalue weighted by Crippen LogP contribution is 2.37. The van der Waals surface area contributed by atoms with Crippen LogP contribution in [0.4, 0.5) is 0 Å². The summed E-state index contributed by atoms with van der Waals surface area (Å²) in [6.45, 7) is 4.24. The topological polar surface area (TPSA) is 12.9 Å². The van der Waals surface area contributed by atoms with Gasteiger partial charge in [0.05, 0.1) is 15.6 Å². The number of nitrogens with zero attached hydrogens (tertiary/aromatic N) is 1. The van der Waals surface area contributed by atoms with Crippen molar-refractivity contribution in [2.45, 2.75) is 13.8 Å². The molecule has 0 spiro atoms. The van der Waals surface area contributed by atoms with Crippen LogP contribution in [0.2, 0.25) is 0 Å². The second-order valence-corrected chi connectivity index (χ2v) is 5.92. The molecule has 3 heteroatoms. The minimum atomic E-state index is 1.13. The molecule has 0 unspecified atom stereocenters. The Morgan fingerprint density at radius 2 is 1.94 bits per heavy atom. The summed E-state index contributed by atoms with van der Waals surface area (Å²) in [6, 6.07) is 8.55. The summed E-state index contributed by atoms with van der Waals surface area (Å²) in [7, 11) is 0. The van der Waals surface area contributed by atoms with Crippen molar-refractivity contribution in [3.63, 3.8) is 0 Å². The van der Waals surface area contributed by atoms with Gasteiger partial charge in [-0.05, 0) is 30.9 Å². The van der Waals surface area contributed by atoms with E-state index in [-0.39, 0.29) is 0 Å². The molecule has 3 aromatic rings. The van der Waals surface area contributed by atoms with E-state index in [4.69, 9.17) is 0 Å². The lowest BCUT2D eigenvalue weighted by Gasteiger charge is -1.93. The van der Waals surface area contributed by atoms with Gasteiger partial charge in [0.2, 0.25) is 0 Å². The first-order chi connectivity index (χ1) is 7.75. The lowest BCUT2D eigenvalue weighted by Crippen LogP contribution is -1.76. The number of aromatic nitrogens is 1. The largest absolute Gasteiger partial charge is 0.241 e. The fourth-order valence-electron chi connectivity index (χ4n) is 1.89. The number of benzene rings is 1. The van der Waals surface area contributed by atoms with E-state index in [1.54, 1.807) is 11.3 Å². The molecular weight excluding hydrogens is 234 g/mol. The van der Waals surface area contributed by atoms with Crippen LogP contribution in [-0.2, 0) is 0 Å². The summed E-state index contributed by atoms with van der Waals surface area (Å²) in [4.78, 5) is 5.88. The first-order valence-electron chi connectivity index (χ1n) is 5.16. The lowest BCUT2D eigenvalue weighted by atomic mass is 10.1. The Kier molecular flexibility index (Phi) is 2.30. The third kappa shape index (κ3) is 1.47. The van der Waals surface area contributed by atoms with E-state index in [0.29, 0.717) is 0 Å². The summed E-state index contributed by atoms with van der Waals surface area (Å²) in [5.74, 6) is 0. The molecule has 0 aliphatic rings. The Balaban J connectivity index is 2.28. The number of thiophene rings is 1. The molecule has 0 aliphatic carbocycles. The molecule has 0 bridgehead atoms. The molecule has 0 N–H and O–H groups in total. The van der Waals surface area contributed by atoms with Gasteiger partial charge in [0.1, 0.15) is 0 Å². The van der Waals surface area contributed by atoms with Crippen LogP contribution in [0, 0.1) is 13.8 Å². The van der Waals surface area contributed by atoms with Crippen molar-refractivity contribution in [1.82, 2.24) is 4.98 Å². The summed E-state index contributed by atoms with van der Waals surface area (Å²) in [6.07, 6.45) is 0. The normalized spacial score (nSPS) is 11.1. The van der Waals surface area contributed by atoms with Crippen LogP contribution < -0.4 is 0 Å². The zero-order valence-electron chi connectivity index (χ0n) is 9.15. The van der Waals surface area contributed by atoms with Crippen LogP contribution in [0.5, 0.6) is 0 Å². The maximum Gasteiger partial charge on any atom is 0.0917 e. The number of fused-ring (bicyclic) bond motifs is 1. The quantitative estimate of drug-likeness (QED) is 0.608. The molecule has 1 nitrogen and oxygen atoms in total. The van der Waals surface area contributed by atoms with Gasteiger partial charge >= 0.3 is 0 Å². The molecule has 1 aromatic carbocycles. The van der Waals surface area contributed by atoms with Crippen LogP contribution in [0.25, 0.3) is 20.7 Å². The van der Waals surface area contributed by atoms with Gasteiger partial charge in [0, 0.05) is 10.1 Å². The van der Waals surface area contributed by atoms with Gasteiger partial charge in [-0.25, -0.2) is 4.98 Å². The maximum absolute atomic E-state index is 4.57. The van der Waals surface area contributed by atoms with E-state index in [9.17, 15) is 0 Å². The van der Waals surface area contributed by atoms with E-state index >= 15 is 0 Å². The van der Waals surface area contributed by atoms with E-state index in [1.807, 2.05) is 11.3 Å². The molecule has 0 fully saturated rings. The van der Waals surface area contributed by atoms with Crippen LogP contribution in [0.15, 0.2) is 29.6 Å². The van der Waals surface area contributed by atoms with Crippen LogP contribution in [0.1, 0.15) is 10.6 Å². The second kappa shape index (κ2) is 3.68. The Bertz CT molecular complexity index is 649. The molecule has 3 rings (SSSR count). The van der Waals surface area contributed by atoms with Crippen LogP contribution >= 0.6 is 22.7 Å². The molecule has 16 heavy (non-hydrogen) atoms. The van der Waals surface area contributed by atoms with E-state index in [0.717, 1.165) is 10.7 Å². The predicted octanol–water partition coefficient (Wildman–Crippen LogP) is 4.64. The van der Waals surface area contributed by atoms with Crippen molar-refractivity contribution in [3.8, 4) is 10.6 Å². The third-order valence-electron chi connectivity index (χ3n) is 2.70. The van der Waals surface area contributed by atoms with E-state index in [1.165, 1.54) is 20.5 Å². The van der Waals surface area contributed by atoms with Gasteiger partial charge in [-0.2, -0.15) is 0 Å². The average Bonchev–Trinajstić information content (AvgIpc) is 2.84. The van der Waals surface area contributed by atoms with Crippen molar-refractivity contribution >= 4 is 32.8 Å². The fourth-order valence-corrected chi connectivity index (χ4v) is 3.73. The Labute approximate surface area is 102 Å². The van der Waals surface area contributed by atoms with Crippen molar-refractivity contribution in [1.29, 1.82) is 0 Å². The molecule has 0 atom stereocenters. The zero-order valence-corrected chi connectivity index (χ0v) is 10.8. The molecule has 0 amide bonds. The summed E-state index contributed by atoms with van der Waals surface area (Å²) in [5, 5.41) is 4.63. The Hall–Kier alpha value is -1.19. The summed E-state index contributed by atoms with van der Waals surface area (Å²) >= 11 is 3.55. The van der Waals surface area contributed by atoms with Gasteiger partial charge in [-0.15, -0.1) is 22.7 Å². The fraction of sp³-hybridized carbons (Fsp3) is 0.154. The molecule has 0 aliphatic heterocycles. The number of hydrogen-bond acceptors (Lipinski definition) is 3. The monoisotopic (exact) mass is 245 g/mol. The summed E-state index contributed by atoms with van der Waals surface area (Å²) in [5.41, 5.74) is 2.48. The lowest BCUT2D eigenvalue weighted by molar-refractivity contribution is 1.30. The highest BCUT2D eigenvalue weighted by atomic mass is 32.1. The van der Waals surface area contributed by atoms with Gasteiger partial charge in [-0.3, -0.25) is 0 Å². The van der Waals surface area contributed by atoms with Crippen molar-refractivity contribution in [2.75, 3.05) is 0 Å². The molecule has 0 saturated heterocycles. The molecule has 2 heterocycles. The number of hydrogen-bond donors (Lipinski definition) is 0. The highest BCUT2D eigenvalue weighted by molar-refractivity contribution is 7.22. The summed E-state index contributed by atoms with van der Waals surface area (Å²) < 4.78 is 1.35. The number of aryl methyl sites for hydroxylation is 2. The Morgan fingerprint density at radius 3 is 2.62 bits per heavy atom. The number of rotatable bonds is 1. The smallest absolute Gasteiger partial charge is 0.0917 e. The minimum Gasteiger partial charge on any atom is -0.241 e. The van der Waals surface area contributed by atoms with E-state index in [2.05, 4.69) is 48.5 Å². The molecular formula is C13H11NS2. The molecule has 80 valence electrons. The van der Waals surface area contributed by atoms with Crippen LogP contribution in [0.3, 0.4) is 0 Å².